The smallest absolute Gasteiger partial charge is 0.159 e. The van der Waals surface area contributed by atoms with Gasteiger partial charge in [-0.15, -0.1) is 0 Å². The van der Waals surface area contributed by atoms with Crippen LogP contribution in [-0.2, 0) is 4.79 Å². The van der Waals surface area contributed by atoms with E-state index in [1.165, 1.54) is 34.3 Å². The SMILES string of the molecule is C.C.C=C1C[C@H](C(=C)C)CC=C1C.C=CC(=C)CCC=C(C)C.CC(C)=C1CC[C@@H](C)CC1=O. The van der Waals surface area contributed by atoms with E-state index >= 15 is 0 Å². The topological polar surface area (TPSA) is 17.1 Å². The van der Waals surface area contributed by atoms with Crippen LogP contribution in [-0.4, -0.2) is 5.78 Å². The molecule has 2 atom stereocenters. The molecule has 0 heterocycles. The minimum Gasteiger partial charge on any atom is -0.295 e. The maximum atomic E-state index is 11.4. The zero-order valence-electron chi connectivity index (χ0n) is 22.1. The van der Waals surface area contributed by atoms with Crippen LogP contribution in [0.15, 0.2) is 83.6 Å². The van der Waals surface area contributed by atoms with Gasteiger partial charge in [0.2, 0.25) is 0 Å². The molecule has 34 heavy (non-hydrogen) atoms. The van der Waals surface area contributed by atoms with E-state index in [-0.39, 0.29) is 14.9 Å². The van der Waals surface area contributed by atoms with Gasteiger partial charge in [0.05, 0.1) is 0 Å². The lowest BCUT2D eigenvalue weighted by molar-refractivity contribution is -0.117. The number of allylic oxidation sites excluding steroid dienone is 10. The number of hydrogen-bond donors (Lipinski definition) is 0. The first kappa shape index (κ1) is 36.4. The Bertz CT molecular complexity index is 773. The van der Waals surface area contributed by atoms with E-state index in [0.717, 1.165) is 49.7 Å². The van der Waals surface area contributed by atoms with Crippen LogP contribution in [0.25, 0.3) is 0 Å². The van der Waals surface area contributed by atoms with Crippen LogP contribution >= 0.6 is 0 Å². The van der Waals surface area contributed by atoms with Gasteiger partial charge in [0.1, 0.15) is 0 Å². The summed E-state index contributed by atoms with van der Waals surface area (Å²) in [6.45, 7) is 30.1. The molecule has 2 aliphatic rings. The van der Waals surface area contributed by atoms with Crippen molar-refractivity contribution in [3.8, 4) is 0 Å². The van der Waals surface area contributed by atoms with Gasteiger partial charge in [0.15, 0.2) is 5.78 Å². The Hall–Kier alpha value is -2.15. The summed E-state index contributed by atoms with van der Waals surface area (Å²) in [6, 6.07) is 0. The van der Waals surface area contributed by atoms with E-state index in [9.17, 15) is 4.79 Å². The Kier molecular flexibility index (Phi) is 20.6. The highest BCUT2D eigenvalue weighted by molar-refractivity contribution is 5.96. The number of ketones is 1. The van der Waals surface area contributed by atoms with Gasteiger partial charge in [-0.05, 0) is 97.5 Å². The van der Waals surface area contributed by atoms with Gasteiger partial charge in [0, 0.05) is 6.42 Å². The molecule has 1 fully saturated rings. The van der Waals surface area contributed by atoms with Gasteiger partial charge in [-0.3, -0.25) is 4.79 Å². The molecule has 0 radical (unpaired) electrons. The highest BCUT2D eigenvalue weighted by atomic mass is 16.1. The van der Waals surface area contributed by atoms with Crippen molar-refractivity contribution in [2.45, 2.75) is 108 Å². The summed E-state index contributed by atoms with van der Waals surface area (Å²) >= 11 is 0. The molecule has 0 aromatic heterocycles. The molecule has 1 heteroatoms. The predicted molar refractivity (Wildman–Crippen MR) is 158 cm³/mol. The van der Waals surface area contributed by atoms with Crippen LogP contribution < -0.4 is 0 Å². The average molecular weight is 469 g/mol. The maximum absolute atomic E-state index is 11.4. The second-order valence-electron chi connectivity index (χ2n) is 9.91. The van der Waals surface area contributed by atoms with Crippen molar-refractivity contribution in [3.63, 3.8) is 0 Å². The molecule has 0 saturated heterocycles. The monoisotopic (exact) mass is 468 g/mol. The average Bonchev–Trinajstić information content (AvgIpc) is 2.70. The van der Waals surface area contributed by atoms with Crippen molar-refractivity contribution in [2.75, 3.05) is 0 Å². The molecule has 1 nitrogen and oxygen atoms in total. The normalized spacial score (nSPS) is 18.8. The van der Waals surface area contributed by atoms with Crippen LogP contribution in [0.5, 0.6) is 0 Å². The lowest BCUT2D eigenvalue weighted by atomic mass is 9.83. The lowest BCUT2D eigenvalue weighted by Crippen LogP contribution is -2.16. The molecule has 1 saturated carbocycles. The Morgan fingerprint density at radius 1 is 1.09 bits per heavy atom. The first-order valence-corrected chi connectivity index (χ1v) is 12.0. The molecule has 194 valence electrons. The molecule has 2 rings (SSSR count). The van der Waals surface area contributed by atoms with Crippen molar-refractivity contribution >= 4 is 5.78 Å². The van der Waals surface area contributed by atoms with Crippen molar-refractivity contribution in [1.29, 1.82) is 0 Å². The summed E-state index contributed by atoms with van der Waals surface area (Å²) in [7, 11) is 0. The Balaban J connectivity index is -0.000000413. The van der Waals surface area contributed by atoms with Crippen molar-refractivity contribution < 1.29 is 4.79 Å². The van der Waals surface area contributed by atoms with Gasteiger partial charge < -0.3 is 0 Å². The minimum atomic E-state index is 0. The lowest BCUT2D eigenvalue weighted by Gasteiger charge is -2.22. The summed E-state index contributed by atoms with van der Waals surface area (Å²) in [5.74, 6) is 1.63. The second-order valence-corrected chi connectivity index (χ2v) is 9.91. The fourth-order valence-electron chi connectivity index (χ4n) is 3.63. The number of carbonyl (C=O) groups excluding carboxylic acids is 1. The summed E-state index contributed by atoms with van der Waals surface area (Å²) in [4.78, 5) is 11.4. The molecule has 0 unspecified atom stereocenters. The third kappa shape index (κ3) is 15.6. The quantitative estimate of drug-likeness (QED) is 0.223. The summed E-state index contributed by atoms with van der Waals surface area (Å²) in [5, 5.41) is 0. The van der Waals surface area contributed by atoms with E-state index in [4.69, 9.17) is 0 Å². The Labute approximate surface area is 214 Å². The third-order valence-corrected chi connectivity index (χ3v) is 6.12. The van der Waals surface area contributed by atoms with Crippen LogP contribution in [0, 0.1) is 11.8 Å². The van der Waals surface area contributed by atoms with Crippen LogP contribution in [0.1, 0.15) is 108 Å². The predicted octanol–water partition coefficient (Wildman–Crippen LogP) is 10.9. The van der Waals surface area contributed by atoms with Gasteiger partial charge in [0.25, 0.3) is 0 Å². The number of Topliss-reactive ketones (excluding diaryl/α,β-unsaturated/α-hetero) is 1. The molecule has 2 aliphatic carbocycles. The Morgan fingerprint density at radius 2 is 1.68 bits per heavy atom. The molecular weight excluding hydrogens is 412 g/mol. The molecule has 0 amide bonds. The van der Waals surface area contributed by atoms with E-state index in [0.29, 0.717) is 17.6 Å². The Morgan fingerprint density at radius 3 is 2.09 bits per heavy atom. The van der Waals surface area contributed by atoms with Crippen molar-refractivity contribution in [1.82, 2.24) is 0 Å². The molecule has 0 N–H and O–H groups in total. The zero-order chi connectivity index (χ0) is 24.8. The van der Waals surface area contributed by atoms with Gasteiger partial charge in [-0.25, -0.2) is 0 Å². The highest BCUT2D eigenvalue weighted by Crippen LogP contribution is 2.30. The second kappa shape index (κ2) is 19.2. The zero-order valence-corrected chi connectivity index (χ0v) is 22.1. The molecule has 0 aromatic carbocycles. The van der Waals surface area contributed by atoms with Crippen LogP contribution in [0.2, 0.25) is 0 Å². The van der Waals surface area contributed by atoms with Crippen molar-refractivity contribution in [2.24, 2.45) is 11.8 Å². The van der Waals surface area contributed by atoms with Gasteiger partial charge in [-0.2, -0.15) is 0 Å². The summed E-state index contributed by atoms with van der Waals surface area (Å²) in [6.07, 6.45) is 13.6. The van der Waals surface area contributed by atoms with Crippen LogP contribution in [0.3, 0.4) is 0 Å². The largest absolute Gasteiger partial charge is 0.295 e. The first-order valence-electron chi connectivity index (χ1n) is 12.0. The van der Waals surface area contributed by atoms with Gasteiger partial charge in [-0.1, -0.05) is 99.8 Å². The van der Waals surface area contributed by atoms with Crippen LogP contribution in [0.4, 0.5) is 0 Å². The fraction of sp³-hybridized carbons (Fsp3) is 0.545. The number of rotatable bonds is 5. The van der Waals surface area contributed by atoms with E-state index < -0.39 is 0 Å². The van der Waals surface area contributed by atoms with E-state index in [1.54, 1.807) is 0 Å². The third-order valence-electron chi connectivity index (χ3n) is 6.12. The highest BCUT2D eigenvalue weighted by Gasteiger charge is 2.20. The van der Waals surface area contributed by atoms with E-state index in [1.807, 2.05) is 19.9 Å². The molecule has 0 spiro atoms. The first-order chi connectivity index (χ1) is 14.9. The number of carbonyl (C=O) groups is 1. The molecule has 0 aromatic rings. The summed E-state index contributed by atoms with van der Waals surface area (Å²) in [5.41, 5.74) is 8.72. The van der Waals surface area contributed by atoms with Gasteiger partial charge >= 0.3 is 0 Å². The summed E-state index contributed by atoms with van der Waals surface area (Å²) < 4.78 is 0. The fourth-order valence-corrected chi connectivity index (χ4v) is 3.63. The number of hydrogen-bond acceptors (Lipinski definition) is 1. The maximum Gasteiger partial charge on any atom is 0.159 e. The standard InChI is InChI=1S/C11H16.C10H16O.C10H16.2CH4/c1-8(2)11-6-5-9(3)10(4)7-11;1-7(2)9-5-4-8(3)6-10(9)11;1-5-10(4)8-6-7-9(2)3;;/h5,11H,1,4,6-7H2,2-3H3;8H,4-6H2,1-3H3;5,7H,1,4,6,8H2,2-3H3;2*1H4/t11-;8-;;;/m11.../s1. The van der Waals surface area contributed by atoms with E-state index in [2.05, 4.69) is 73.1 Å². The molecular formula is C33H56O. The molecule has 0 aliphatic heterocycles. The van der Waals surface area contributed by atoms with Crippen molar-refractivity contribution in [3.05, 3.63) is 83.6 Å². The minimum absolute atomic E-state index is 0. The molecule has 0 bridgehead atoms.